The number of aryl methyl sites for hydroxylation is 3. The van der Waals surface area contributed by atoms with Crippen molar-refractivity contribution in [1.82, 2.24) is 5.32 Å². The van der Waals surface area contributed by atoms with Crippen molar-refractivity contribution in [2.45, 2.75) is 40.0 Å². The molecule has 0 saturated heterocycles. The van der Waals surface area contributed by atoms with Crippen LogP contribution < -0.4 is 5.32 Å². The van der Waals surface area contributed by atoms with Gasteiger partial charge in [-0.25, -0.2) is 0 Å². The van der Waals surface area contributed by atoms with Gasteiger partial charge in [0.15, 0.2) is 0 Å². The molecule has 0 atom stereocenters. The monoisotopic (exact) mass is 297 g/mol. The van der Waals surface area contributed by atoms with Crippen LogP contribution in [0.15, 0.2) is 28.7 Å². The van der Waals surface area contributed by atoms with E-state index >= 15 is 0 Å². The molecule has 0 saturated carbocycles. The minimum atomic E-state index is -4.43. The fourth-order valence-electron chi connectivity index (χ4n) is 2.42. The maximum atomic E-state index is 12.4. The van der Waals surface area contributed by atoms with Crippen LogP contribution in [0.25, 0.3) is 0 Å². The van der Waals surface area contributed by atoms with Crippen molar-refractivity contribution in [3.8, 4) is 0 Å². The van der Waals surface area contributed by atoms with Crippen LogP contribution >= 0.6 is 0 Å². The van der Waals surface area contributed by atoms with Gasteiger partial charge in [-0.3, -0.25) is 0 Å². The van der Waals surface area contributed by atoms with Gasteiger partial charge < -0.3 is 9.73 Å². The zero-order chi connectivity index (χ0) is 15.6. The highest BCUT2D eigenvalue weighted by Crippen LogP contribution is 2.30. The highest BCUT2D eigenvalue weighted by molar-refractivity contribution is 5.37. The van der Waals surface area contributed by atoms with Crippen molar-refractivity contribution < 1.29 is 17.6 Å². The van der Waals surface area contributed by atoms with Gasteiger partial charge in [-0.05, 0) is 49.6 Å². The van der Waals surface area contributed by atoms with Gasteiger partial charge in [0.2, 0.25) is 5.76 Å². The van der Waals surface area contributed by atoms with E-state index in [1.807, 2.05) is 20.8 Å². The first-order valence-electron chi connectivity index (χ1n) is 6.70. The molecule has 2 aromatic rings. The second kappa shape index (κ2) is 5.93. The first-order chi connectivity index (χ1) is 9.77. The number of hydrogen-bond donors (Lipinski definition) is 1. The van der Waals surface area contributed by atoms with E-state index in [9.17, 15) is 13.2 Å². The van der Waals surface area contributed by atoms with Gasteiger partial charge in [0, 0.05) is 6.54 Å². The molecule has 0 spiro atoms. The molecule has 0 unspecified atom stereocenters. The molecule has 21 heavy (non-hydrogen) atoms. The van der Waals surface area contributed by atoms with Gasteiger partial charge in [0.25, 0.3) is 0 Å². The average Bonchev–Trinajstić information content (AvgIpc) is 2.81. The fourth-order valence-corrected chi connectivity index (χ4v) is 2.42. The summed E-state index contributed by atoms with van der Waals surface area (Å²) >= 11 is 0. The van der Waals surface area contributed by atoms with Crippen molar-refractivity contribution in [3.63, 3.8) is 0 Å². The number of benzene rings is 1. The molecule has 0 aliphatic carbocycles. The highest BCUT2D eigenvalue weighted by Gasteiger charge is 2.34. The van der Waals surface area contributed by atoms with Crippen molar-refractivity contribution in [3.05, 3.63) is 58.0 Å². The van der Waals surface area contributed by atoms with E-state index < -0.39 is 11.9 Å². The van der Waals surface area contributed by atoms with Gasteiger partial charge >= 0.3 is 6.18 Å². The van der Waals surface area contributed by atoms with Crippen LogP contribution in [0.3, 0.4) is 0 Å². The van der Waals surface area contributed by atoms with Crippen LogP contribution in [0.1, 0.15) is 33.8 Å². The molecule has 0 amide bonds. The van der Waals surface area contributed by atoms with Crippen molar-refractivity contribution in [2.24, 2.45) is 0 Å². The lowest BCUT2D eigenvalue weighted by Crippen LogP contribution is -2.14. The molecule has 114 valence electrons. The summed E-state index contributed by atoms with van der Waals surface area (Å²) in [6, 6.07) is 6.50. The normalized spacial score (nSPS) is 11.9. The lowest BCUT2D eigenvalue weighted by Gasteiger charge is -2.12. The fraction of sp³-hybridized carbons (Fsp3) is 0.375. The number of alkyl halides is 3. The number of hydrogen-bond acceptors (Lipinski definition) is 2. The van der Waals surface area contributed by atoms with Crippen LogP contribution in [-0.4, -0.2) is 0 Å². The number of furan rings is 1. The summed E-state index contributed by atoms with van der Waals surface area (Å²) in [5, 5.41) is 3.12. The Kier molecular flexibility index (Phi) is 4.42. The Morgan fingerprint density at radius 3 is 2.14 bits per heavy atom. The number of halogens is 3. The third-order valence-corrected chi connectivity index (χ3v) is 3.38. The molecular formula is C16H18F3NO. The van der Waals surface area contributed by atoms with Crippen LogP contribution in [0.2, 0.25) is 0 Å². The summed E-state index contributed by atoms with van der Waals surface area (Å²) in [5.41, 5.74) is 4.73. The number of nitrogens with one attached hydrogen (secondary N) is 1. The second-order valence-corrected chi connectivity index (χ2v) is 5.24. The maximum absolute atomic E-state index is 12.4. The van der Waals surface area contributed by atoms with Gasteiger partial charge in [0.1, 0.15) is 5.76 Å². The molecule has 0 fully saturated rings. The summed E-state index contributed by atoms with van der Waals surface area (Å²) in [6.07, 6.45) is -4.43. The topological polar surface area (TPSA) is 25.2 Å². The van der Waals surface area contributed by atoms with E-state index in [1.54, 1.807) is 0 Å². The Morgan fingerprint density at radius 2 is 1.62 bits per heavy atom. The van der Waals surface area contributed by atoms with Gasteiger partial charge in [-0.1, -0.05) is 17.7 Å². The van der Waals surface area contributed by atoms with E-state index in [0.29, 0.717) is 6.54 Å². The van der Waals surface area contributed by atoms with Crippen molar-refractivity contribution >= 4 is 0 Å². The average molecular weight is 297 g/mol. The summed E-state index contributed by atoms with van der Waals surface area (Å²) < 4.78 is 42.0. The summed E-state index contributed by atoms with van der Waals surface area (Å²) in [4.78, 5) is 0. The molecule has 5 heteroatoms. The van der Waals surface area contributed by atoms with E-state index in [4.69, 9.17) is 4.42 Å². The summed E-state index contributed by atoms with van der Waals surface area (Å²) in [7, 11) is 0. The Labute approximate surface area is 122 Å². The first kappa shape index (κ1) is 15.6. The Hall–Kier alpha value is -1.75. The van der Waals surface area contributed by atoms with E-state index in [1.165, 1.54) is 28.3 Å². The van der Waals surface area contributed by atoms with E-state index in [-0.39, 0.29) is 12.3 Å². The third-order valence-electron chi connectivity index (χ3n) is 3.38. The zero-order valence-corrected chi connectivity index (χ0v) is 12.3. The van der Waals surface area contributed by atoms with Gasteiger partial charge in [-0.2, -0.15) is 13.2 Å². The van der Waals surface area contributed by atoms with Crippen LogP contribution in [0, 0.1) is 20.8 Å². The van der Waals surface area contributed by atoms with Crippen LogP contribution in [0.4, 0.5) is 13.2 Å². The third kappa shape index (κ3) is 3.88. The summed E-state index contributed by atoms with van der Waals surface area (Å²) in [6.45, 7) is 6.97. The zero-order valence-electron chi connectivity index (χ0n) is 12.3. The van der Waals surface area contributed by atoms with E-state index in [0.717, 1.165) is 6.07 Å². The predicted molar refractivity (Wildman–Crippen MR) is 74.9 cm³/mol. The SMILES string of the molecule is Cc1cc(C)c(CNCc2ccc(C(F)(F)F)o2)c(C)c1. The molecule has 0 radical (unpaired) electrons. The van der Waals surface area contributed by atoms with Crippen LogP contribution in [-0.2, 0) is 19.3 Å². The Morgan fingerprint density at radius 1 is 1.00 bits per heavy atom. The van der Waals surface area contributed by atoms with E-state index in [2.05, 4.69) is 17.4 Å². The minimum Gasteiger partial charge on any atom is -0.455 e. The molecule has 2 rings (SSSR count). The van der Waals surface area contributed by atoms with Gasteiger partial charge in [0.05, 0.1) is 6.54 Å². The molecule has 1 aromatic heterocycles. The molecule has 1 aromatic carbocycles. The quantitative estimate of drug-likeness (QED) is 0.898. The lowest BCUT2D eigenvalue weighted by atomic mass is 10.00. The predicted octanol–water partition coefficient (Wildman–Crippen LogP) is 4.51. The van der Waals surface area contributed by atoms with Crippen LogP contribution in [0.5, 0.6) is 0 Å². The maximum Gasteiger partial charge on any atom is 0.449 e. The highest BCUT2D eigenvalue weighted by atomic mass is 19.4. The molecule has 0 aliphatic rings. The molecule has 2 nitrogen and oxygen atoms in total. The summed E-state index contributed by atoms with van der Waals surface area (Å²) in [5.74, 6) is -0.674. The smallest absolute Gasteiger partial charge is 0.449 e. The molecular weight excluding hydrogens is 279 g/mol. The van der Waals surface area contributed by atoms with Crippen molar-refractivity contribution in [2.75, 3.05) is 0 Å². The largest absolute Gasteiger partial charge is 0.455 e. The molecule has 1 N–H and O–H groups in total. The van der Waals surface area contributed by atoms with Crippen molar-refractivity contribution in [1.29, 1.82) is 0 Å². The Balaban J connectivity index is 1.98. The molecule has 0 bridgehead atoms. The number of rotatable bonds is 4. The second-order valence-electron chi connectivity index (χ2n) is 5.24. The Bertz CT molecular complexity index is 606. The molecule has 1 heterocycles. The first-order valence-corrected chi connectivity index (χ1v) is 6.70. The minimum absolute atomic E-state index is 0.267. The van der Waals surface area contributed by atoms with Gasteiger partial charge in [-0.15, -0.1) is 0 Å². The lowest BCUT2D eigenvalue weighted by molar-refractivity contribution is -0.153. The standard InChI is InChI=1S/C16H18F3NO/c1-10-6-11(2)14(12(3)7-10)9-20-8-13-4-5-15(21-13)16(17,18)19/h4-7,20H,8-9H2,1-3H3. The molecule has 0 aliphatic heterocycles.